The molecule has 0 aliphatic rings. The molecule has 0 bridgehead atoms. The van der Waals surface area contributed by atoms with Crippen LogP contribution < -0.4 is 5.32 Å². The van der Waals surface area contributed by atoms with E-state index in [1.807, 2.05) is 17.7 Å². The van der Waals surface area contributed by atoms with Gasteiger partial charge in [-0.2, -0.15) is 0 Å². The SMILES string of the molecule is CCC(=O)c1ccn(CCC(=O)NC)c1. The Labute approximate surface area is 89.3 Å². The molecule has 0 saturated heterocycles. The van der Waals surface area contributed by atoms with E-state index in [9.17, 15) is 9.59 Å². The van der Waals surface area contributed by atoms with Crippen molar-refractivity contribution in [2.45, 2.75) is 26.3 Å². The fourth-order valence-corrected chi connectivity index (χ4v) is 1.30. The molecular weight excluding hydrogens is 192 g/mol. The van der Waals surface area contributed by atoms with E-state index < -0.39 is 0 Å². The van der Waals surface area contributed by atoms with Crippen LogP contribution in [-0.2, 0) is 11.3 Å². The zero-order valence-electron chi connectivity index (χ0n) is 9.12. The number of carbonyl (C=O) groups is 2. The summed E-state index contributed by atoms with van der Waals surface area (Å²) in [6, 6.07) is 1.79. The van der Waals surface area contributed by atoms with Crippen molar-refractivity contribution in [2.24, 2.45) is 0 Å². The van der Waals surface area contributed by atoms with Crippen LogP contribution in [0.15, 0.2) is 18.5 Å². The highest BCUT2D eigenvalue weighted by atomic mass is 16.1. The molecule has 1 N–H and O–H groups in total. The van der Waals surface area contributed by atoms with E-state index in [1.165, 1.54) is 0 Å². The van der Waals surface area contributed by atoms with E-state index in [1.54, 1.807) is 19.3 Å². The monoisotopic (exact) mass is 208 g/mol. The first-order valence-corrected chi connectivity index (χ1v) is 5.07. The number of carbonyl (C=O) groups excluding carboxylic acids is 2. The second-order valence-corrected chi connectivity index (χ2v) is 3.34. The van der Waals surface area contributed by atoms with Crippen LogP contribution in [0.5, 0.6) is 0 Å². The highest BCUT2D eigenvalue weighted by molar-refractivity contribution is 5.95. The number of aromatic nitrogens is 1. The van der Waals surface area contributed by atoms with Gasteiger partial charge in [-0.1, -0.05) is 6.92 Å². The molecule has 0 aliphatic carbocycles. The van der Waals surface area contributed by atoms with Crippen LogP contribution in [0.4, 0.5) is 0 Å². The van der Waals surface area contributed by atoms with Gasteiger partial charge in [0.15, 0.2) is 5.78 Å². The summed E-state index contributed by atoms with van der Waals surface area (Å²) in [7, 11) is 1.62. The van der Waals surface area contributed by atoms with Crippen molar-refractivity contribution in [3.05, 3.63) is 24.0 Å². The maximum atomic E-state index is 11.3. The predicted octanol–water partition coefficient (Wildman–Crippen LogP) is 1.22. The van der Waals surface area contributed by atoms with Gasteiger partial charge >= 0.3 is 0 Å². The number of rotatable bonds is 5. The highest BCUT2D eigenvalue weighted by Crippen LogP contribution is 2.05. The minimum Gasteiger partial charge on any atom is -0.359 e. The Bertz CT molecular complexity index is 355. The normalized spacial score (nSPS) is 10.0. The zero-order chi connectivity index (χ0) is 11.3. The fourth-order valence-electron chi connectivity index (χ4n) is 1.30. The van der Waals surface area contributed by atoms with Crippen molar-refractivity contribution in [2.75, 3.05) is 7.05 Å². The Morgan fingerprint density at radius 1 is 1.47 bits per heavy atom. The topological polar surface area (TPSA) is 51.1 Å². The molecule has 15 heavy (non-hydrogen) atoms. The molecule has 0 aliphatic heterocycles. The van der Waals surface area contributed by atoms with Gasteiger partial charge in [-0.05, 0) is 6.07 Å². The van der Waals surface area contributed by atoms with E-state index in [0.29, 0.717) is 19.4 Å². The predicted molar refractivity (Wildman–Crippen MR) is 57.7 cm³/mol. The Morgan fingerprint density at radius 2 is 2.20 bits per heavy atom. The summed E-state index contributed by atoms with van der Waals surface area (Å²) in [5.74, 6) is 0.140. The number of hydrogen-bond donors (Lipinski definition) is 1. The Hall–Kier alpha value is -1.58. The minimum atomic E-state index is 0.00654. The molecule has 0 atom stereocenters. The van der Waals surface area contributed by atoms with E-state index in [-0.39, 0.29) is 11.7 Å². The van der Waals surface area contributed by atoms with Gasteiger partial charge in [0.25, 0.3) is 0 Å². The summed E-state index contributed by atoms with van der Waals surface area (Å²) in [6.45, 7) is 2.45. The highest BCUT2D eigenvalue weighted by Gasteiger charge is 2.05. The van der Waals surface area contributed by atoms with E-state index >= 15 is 0 Å². The third-order valence-corrected chi connectivity index (χ3v) is 2.27. The number of aryl methyl sites for hydroxylation is 1. The molecule has 0 spiro atoms. The van der Waals surface area contributed by atoms with Gasteiger partial charge < -0.3 is 9.88 Å². The summed E-state index contributed by atoms with van der Waals surface area (Å²) in [5, 5.41) is 2.56. The first kappa shape index (κ1) is 11.5. The molecule has 0 aromatic carbocycles. The molecule has 0 fully saturated rings. The second kappa shape index (κ2) is 5.34. The number of amides is 1. The zero-order valence-corrected chi connectivity index (χ0v) is 9.12. The number of nitrogens with zero attached hydrogens (tertiary/aromatic N) is 1. The lowest BCUT2D eigenvalue weighted by Crippen LogP contribution is -2.19. The molecule has 4 heteroatoms. The van der Waals surface area contributed by atoms with Gasteiger partial charge in [0.1, 0.15) is 0 Å². The summed E-state index contributed by atoms with van der Waals surface area (Å²) in [5.41, 5.74) is 0.717. The first-order valence-electron chi connectivity index (χ1n) is 5.07. The summed E-state index contributed by atoms with van der Waals surface area (Å²) >= 11 is 0. The third kappa shape index (κ3) is 3.23. The first-order chi connectivity index (χ1) is 7.17. The van der Waals surface area contributed by atoms with Gasteiger partial charge in [-0.3, -0.25) is 9.59 Å². The molecule has 1 heterocycles. The van der Waals surface area contributed by atoms with Crippen LogP contribution in [0.3, 0.4) is 0 Å². The maximum absolute atomic E-state index is 11.3. The maximum Gasteiger partial charge on any atom is 0.221 e. The van der Waals surface area contributed by atoms with Gasteiger partial charge in [0.2, 0.25) is 5.91 Å². The Morgan fingerprint density at radius 3 is 2.80 bits per heavy atom. The number of hydrogen-bond acceptors (Lipinski definition) is 2. The number of ketones is 1. The average molecular weight is 208 g/mol. The lowest BCUT2D eigenvalue weighted by Gasteiger charge is -2.01. The standard InChI is InChI=1S/C11H16N2O2/c1-3-10(14)9-4-6-13(8-9)7-5-11(15)12-2/h4,6,8H,3,5,7H2,1-2H3,(H,12,15). The summed E-state index contributed by atoms with van der Waals surface area (Å²) < 4.78 is 1.86. The lowest BCUT2D eigenvalue weighted by molar-refractivity contribution is -0.120. The molecule has 1 amide bonds. The minimum absolute atomic E-state index is 0.00654. The van der Waals surface area contributed by atoms with Gasteiger partial charge in [-0.25, -0.2) is 0 Å². The van der Waals surface area contributed by atoms with Gasteiger partial charge in [-0.15, -0.1) is 0 Å². The molecule has 0 radical (unpaired) electrons. The van der Waals surface area contributed by atoms with Crippen LogP contribution in [0, 0.1) is 0 Å². The fraction of sp³-hybridized carbons (Fsp3) is 0.455. The largest absolute Gasteiger partial charge is 0.359 e. The van der Waals surface area contributed by atoms with Crippen molar-refractivity contribution in [3.8, 4) is 0 Å². The van der Waals surface area contributed by atoms with Crippen LogP contribution in [0.2, 0.25) is 0 Å². The van der Waals surface area contributed by atoms with E-state index in [0.717, 1.165) is 5.56 Å². The van der Waals surface area contributed by atoms with E-state index in [4.69, 9.17) is 0 Å². The van der Waals surface area contributed by atoms with Gasteiger partial charge in [0.05, 0.1) is 0 Å². The molecule has 82 valence electrons. The summed E-state index contributed by atoms with van der Waals surface area (Å²) in [6.07, 6.45) is 4.56. The second-order valence-electron chi connectivity index (χ2n) is 3.34. The summed E-state index contributed by atoms with van der Waals surface area (Å²) in [4.78, 5) is 22.3. The van der Waals surface area contributed by atoms with Crippen LogP contribution in [0.25, 0.3) is 0 Å². The molecule has 1 aromatic heterocycles. The molecule has 1 aromatic rings. The Kier molecular flexibility index (Phi) is 4.09. The van der Waals surface area contributed by atoms with Crippen LogP contribution >= 0.6 is 0 Å². The van der Waals surface area contributed by atoms with E-state index in [2.05, 4.69) is 5.32 Å². The molecule has 4 nitrogen and oxygen atoms in total. The van der Waals surface area contributed by atoms with Crippen LogP contribution in [0.1, 0.15) is 30.1 Å². The molecule has 1 rings (SSSR count). The molecule has 0 unspecified atom stereocenters. The van der Waals surface area contributed by atoms with Crippen molar-refractivity contribution in [1.29, 1.82) is 0 Å². The number of Topliss-reactive ketones (excluding diaryl/α,β-unsaturated/α-hetero) is 1. The van der Waals surface area contributed by atoms with Crippen LogP contribution in [-0.4, -0.2) is 23.3 Å². The quantitative estimate of drug-likeness (QED) is 0.739. The lowest BCUT2D eigenvalue weighted by atomic mass is 10.2. The van der Waals surface area contributed by atoms with Crippen molar-refractivity contribution in [1.82, 2.24) is 9.88 Å². The molecule has 0 saturated carbocycles. The van der Waals surface area contributed by atoms with Crippen molar-refractivity contribution < 1.29 is 9.59 Å². The van der Waals surface area contributed by atoms with Crippen molar-refractivity contribution in [3.63, 3.8) is 0 Å². The molecular formula is C11H16N2O2. The smallest absolute Gasteiger partial charge is 0.221 e. The van der Waals surface area contributed by atoms with Gasteiger partial charge in [0, 0.05) is 44.4 Å². The average Bonchev–Trinajstić information content (AvgIpc) is 2.73. The number of nitrogens with one attached hydrogen (secondary N) is 1. The Balaban J connectivity index is 2.53. The third-order valence-electron chi connectivity index (χ3n) is 2.27. The van der Waals surface area contributed by atoms with Crippen molar-refractivity contribution >= 4 is 11.7 Å².